The molecule has 5 heteroatoms. The van der Waals surface area contributed by atoms with Crippen LogP contribution in [0.1, 0.15) is 64.4 Å². The van der Waals surface area contributed by atoms with Crippen molar-refractivity contribution in [3.05, 3.63) is 34.9 Å². The van der Waals surface area contributed by atoms with Gasteiger partial charge in [-0.1, -0.05) is 63.3 Å². The standard InChI is InChI=1S/C22H30ClNO3/c1-15-6-5-7-19(16(15)2)24-20(25)14-27-21(26)22(12-3-4-13-22)17-8-10-18(23)11-9-17/h8-11,15-16,19H,3-7,12-14H2,1-2H3,(H,24,25). The fraction of sp³-hybridized carbons (Fsp3) is 0.636. The van der Waals surface area contributed by atoms with Crippen LogP contribution in [0.5, 0.6) is 0 Å². The maximum Gasteiger partial charge on any atom is 0.317 e. The number of ether oxygens (including phenoxy) is 1. The van der Waals surface area contributed by atoms with E-state index in [0.717, 1.165) is 44.1 Å². The molecule has 0 aromatic heterocycles. The highest BCUT2D eigenvalue weighted by molar-refractivity contribution is 6.30. The van der Waals surface area contributed by atoms with Crippen LogP contribution in [0.4, 0.5) is 0 Å². The van der Waals surface area contributed by atoms with Crippen molar-refractivity contribution in [1.82, 2.24) is 5.32 Å². The predicted molar refractivity (Wildman–Crippen MR) is 107 cm³/mol. The van der Waals surface area contributed by atoms with Gasteiger partial charge in [-0.15, -0.1) is 0 Å². The lowest BCUT2D eigenvalue weighted by atomic mass is 9.78. The second kappa shape index (κ2) is 8.64. The van der Waals surface area contributed by atoms with Crippen molar-refractivity contribution in [2.24, 2.45) is 11.8 Å². The van der Waals surface area contributed by atoms with Gasteiger partial charge in [0.25, 0.3) is 5.91 Å². The van der Waals surface area contributed by atoms with Crippen LogP contribution in [0.15, 0.2) is 24.3 Å². The predicted octanol–water partition coefficient (Wildman–Crippen LogP) is 4.64. The normalized spacial score (nSPS) is 27.1. The van der Waals surface area contributed by atoms with Crippen LogP contribution in [-0.2, 0) is 19.7 Å². The molecule has 0 aliphatic heterocycles. The van der Waals surface area contributed by atoms with Gasteiger partial charge in [0, 0.05) is 11.1 Å². The monoisotopic (exact) mass is 391 g/mol. The van der Waals surface area contributed by atoms with Gasteiger partial charge < -0.3 is 10.1 Å². The Morgan fingerprint density at radius 2 is 1.78 bits per heavy atom. The number of carbonyl (C=O) groups excluding carboxylic acids is 2. The van der Waals surface area contributed by atoms with Gasteiger partial charge in [-0.3, -0.25) is 9.59 Å². The van der Waals surface area contributed by atoms with Gasteiger partial charge in [-0.25, -0.2) is 0 Å². The Morgan fingerprint density at radius 1 is 1.11 bits per heavy atom. The van der Waals surface area contributed by atoms with E-state index in [0.29, 0.717) is 16.9 Å². The molecule has 3 rings (SSSR count). The maximum atomic E-state index is 12.9. The molecule has 27 heavy (non-hydrogen) atoms. The molecule has 0 radical (unpaired) electrons. The van der Waals surface area contributed by atoms with E-state index in [4.69, 9.17) is 16.3 Å². The number of benzene rings is 1. The van der Waals surface area contributed by atoms with Gasteiger partial charge in [0.2, 0.25) is 0 Å². The van der Waals surface area contributed by atoms with Gasteiger partial charge in [-0.05, 0) is 48.8 Å². The van der Waals surface area contributed by atoms with Gasteiger partial charge in [0.1, 0.15) is 0 Å². The van der Waals surface area contributed by atoms with Crippen LogP contribution in [-0.4, -0.2) is 24.5 Å². The second-order valence-corrected chi connectivity index (χ2v) is 8.75. The van der Waals surface area contributed by atoms with E-state index < -0.39 is 5.41 Å². The number of amides is 1. The van der Waals surface area contributed by atoms with E-state index in [1.165, 1.54) is 6.42 Å². The third-order valence-corrected chi connectivity index (χ3v) is 6.88. The molecular weight excluding hydrogens is 362 g/mol. The number of hydrogen-bond donors (Lipinski definition) is 1. The van der Waals surface area contributed by atoms with Gasteiger partial charge >= 0.3 is 5.97 Å². The molecule has 1 amide bonds. The van der Waals surface area contributed by atoms with E-state index in [9.17, 15) is 9.59 Å². The second-order valence-electron chi connectivity index (χ2n) is 8.31. The van der Waals surface area contributed by atoms with E-state index >= 15 is 0 Å². The molecule has 2 fully saturated rings. The smallest absolute Gasteiger partial charge is 0.317 e. The highest BCUT2D eigenvalue weighted by Crippen LogP contribution is 2.42. The minimum Gasteiger partial charge on any atom is -0.455 e. The molecule has 148 valence electrons. The first kappa shape index (κ1) is 20.2. The van der Waals surface area contributed by atoms with Crippen LogP contribution < -0.4 is 5.32 Å². The summed E-state index contributed by atoms with van der Waals surface area (Å²) in [6.07, 6.45) is 6.84. The Hall–Kier alpha value is -1.55. The summed E-state index contributed by atoms with van der Waals surface area (Å²) in [4.78, 5) is 25.3. The van der Waals surface area contributed by atoms with Crippen LogP contribution in [0, 0.1) is 11.8 Å². The quantitative estimate of drug-likeness (QED) is 0.744. The van der Waals surface area contributed by atoms with Gasteiger partial charge in [0.05, 0.1) is 5.41 Å². The average Bonchev–Trinajstić information content (AvgIpc) is 3.15. The molecule has 2 aliphatic rings. The van der Waals surface area contributed by atoms with E-state index in [1.54, 1.807) is 0 Å². The van der Waals surface area contributed by atoms with E-state index in [2.05, 4.69) is 19.2 Å². The summed E-state index contributed by atoms with van der Waals surface area (Å²) in [5.41, 5.74) is 0.293. The molecule has 1 N–H and O–H groups in total. The molecule has 3 atom stereocenters. The number of esters is 1. The molecule has 0 bridgehead atoms. The fourth-order valence-electron chi connectivity index (χ4n) is 4.66. The van der Waals surface area contributed by atoms with Crippen LogP contribution in [0.3, 0.4) is 0 Å². The summed E-state index contributed by atoms with van der Waals surface area (Å²) >= 11 is 5.99. The highest BCUT2D eigenvalue weighted by atomic mass is 35.5. The molecule has 1 aromatic carbocycles. The summed E-state index contributed by atoms with van der Waals surface area (Å²) in [5, 5.41) is 3.72. The molecule has 0 spiro atoms. The SMILES string of the molecule is CC1CCCC(NC(=O)COC(=O)C2(c3ccc(Cl)cc3)CCCC2)C1C. The maximum absolute atomic E-state index is 12.9. The van der Waals surface area contributed by atoms with Crippen molar-refractivity contribution in [3.8, 4) is 0 Å². The first-order valence-corrected chi connectivity index (χ1v) is 10.5. The molecule has 0 heterocycles. The number of rotatable bonds is 5. The van der Waals surface area contributed by atoms with Crippen LogP contribution in [0.2, 0.25) is 5.02 Å². The van der Waals surface area contributed by atoms with Crippen LogP contribution >= 0.6 is 11.6 Å². The largest absolute Gasteiger partial charge is 0.455 e. The summed E-state index contributed by atoms with van der Waals surface area (Å²) < 4.78 is 5.50. The third kappa shape index (κ3) is 4.48. The summed E-state index contributed by atoms with van der Waals surface area (Å²) in [6, 6.07) is 7.60. The van der Waals surface area contributed by atoms with Gasteiger partial charge in [0.15, 0.2) is 6.61 Å². The number of carbonyl (C=O) groups is 2. The van der Waals surface area contributed by atoms with E-state index in [1.807, 2.05) is 24.3 Å². The van der Waals surface area contributed by atoms with Crippen LogP contribution in [0.25, 0.3) is 0 Å². The topological polar surface area (TPSA) is 55.4 Å². The minimum absolute atomic E-state index is 0.177. The van der Waals surface area contributed by atoms with Crippen molar-refractivity contribution in [1.29, 1.82) is 0 Å². The first-order valence-electron chi connectivity index (χ1n) is 10.1. The Morgan fingerprint density at radius 3 is 2.44 bits per heavy atom. The lowest BCUT2D eigenvalue weighted by Gasteiger charge is -2.34. The van der Waals surface area contributed by atoms with E-state index in [-0.39, 0.29) is 24.5 Å². The Balaban J connectivity index is 1.60. The zero-order chi connectivity index (χ0) is 19.4. The Labute approximate surface area is 167 Å². The average molecular weight is 392 g/mol. The van der Waals surface area contributed by atoms with Crippen molar-refractivity contribution < 1.29 is 14.3 Å². The molecule has 4 nitrogen and oxygen atoms in total. The number of hydrogen-bond acceptors (Lipinski definition) is 3. The van der Waals surface area contributed by atoms with Crippen molar-refractivity contribution >= 4 is 23.5 Å². The first-order chi connectivity index (χ1) is 12.9. The lowest BCUT2D eigenvalue weighted by Crippen LogP contribution is -2.46. The molecular formula is C22H30ClNO3. The van der Waals surface area contributed by atoms with Crippen molar-refractivity contribution in [2.45, 2.75) is 70.3 Å². The molecule has 2 aliphatic carbocycles. The Kier molecular flexibility index (Phi) is 6.46. The fourth-order valence-corrected chi connectivity index (χ4v) is 4.79. The number of nitrogens with one attached hydrogen (secondary N) is 1. The number of halogens is 1. The molecule has 3 unspecified atom stereocenters. The van der Waals surface area contributed by atoms with Gasteiger partial charge in [-0.2, -0.15) is 0 Å². The summed E-state index contributed by atoms with van der Waals surface area (Å²) in [6.45, 7) is 4.22. The molecule has 2 saturated carbocycles. The Bertz CT molecular complexity index is 667. The zero-order valence-corrected chi connectivity index (χ0v) is 17.1. The summed E-state index contributed by atoms with van der Waals surface area (Å²) in [5.74, 6) is 0.577. The third-order valence-electron chi connectivity index (χ3n) is 6.63. The molecule has 1 aromatic rings. The lowest BCUT2D eigenvalue weighted by molar-refractivity contribution is -0.154. The van der Waals surface area contributed by atoms with Crippen molar-refractivity contribution in [3.63, 3.8) is 0 Å². The minimum atomic E-state index is -0.641. The zero-order valence-electron chi connectivity index (χ0n) is 16.3. The highest BCUT2D eigenvalue weighted by Gasteiger charge is 2.44. The van der Waals surface area contributed by atoms with Crippen molar-refractivity contribution in [2.75, 3.05) is 6.61 Å². The molecule has 0 saturated heterocycles. The summed E-state index contributed by atoms with van der Waals surface area (Å²) in [7, 11) is 0.